The van der Waals surface area contributed by atoms with Gasteiger partial charge in [-0.3, -0.25) is 4.79 Å². The number of hydrogen-bond donors (Lipinski definition) is 2. The van der Waals surface area contributed by atoms with Crippen molar-refractivity contribution in [2.24, 2.45) is 5.73 Å². The molecule has 23 heavy (non-hydrogen) atoms. The summed E-state index contributed by atoms with van der Waals surface area (Å²) in [6.45, 7) is 0.997. The molecule has 124 valence electrons. The molecular weight excluding hydrogens is 298 g/mol. The summed E-state index contributed by atoms with van der Waals surface area (Å²) in [6, 6.07) is 5.38. The molecule has 2 atom stereocenters. The molecule has 1 aliphatic rings. The largest absolute Gasteiger partial charge is 0.441 e. The minimum Gasteiger partial charge on any atom is -0.441 e. The maximum absolute atomic E-state index is 12.2. The summed E-state index contributed by atoms with van der Waals surface area (Å²) in [4.78, 5) is 16.6. The Morgan fingerprint density at radius 1 is 1.48 bits per heavy atom. The van der Waals surface area contributed by atoms with Crippen LogP contribution in [-0.4, -0.2) is 43.4 Å². The van der Waals surface area contributed by atoms with E-state index in [1.165, 1.54) is 0 Å². The van der Waals surface area contributed by atoms with Gasteiger partial charge in [0.1, 0.15) is 11.6 Å². The fourth-order valence-electron chi connectivity index (χ4n) is 2.64. The van der Waals surface area contributed by atoms with Crippen molar-refractivity contribution in [2.45, 2.75) is 31.5 Å². The molecule has 0 spiro atoms. The Kier molecular flexibility index (Phi) is 4.90. The first-order valence-corrected chi connectivity index (χ1v) is 7.74. The number of carbonyl (C=O) groups is 1. The molecule has 1 aromatic carbocycles. The molecule has 3 rings (SSSR count). The van der Waals surface area contributed by atoms with Gasteiger partial charge in [-0.05, 0) is 31.0 Å². The number of amides is 1. The van der Waals surface area contributed by atoms with Gasteiger partial charge in [-0.25, -0.2) is 4.98 Å². The Morgan fingerprint density at radius 2 is 2.35 bits per heavy atom. The zero-order valence-corrected chi connectivity index (χ0v) is 13.1. The van der Waals surface area contributed by atoms with Crippen LogP contribution in [0.5, 0.6) is 0 Å². The van der Waals surface area contributed by atoms with E-state index >= 15 is 0 Å². The molecule has 0 saturated carbocycles. The summed E-state index contributed by atoms with van der Waals surface area (Å²) < 4.78 is 16.2. The predicted molar refractivity (Wildman–Crippen MR) is 85.2 cm³/mol. The molecule has 0 radical (unpaired) electrons. The van der Waals surface area contributed by atoms with E-state index in [9.17, 15) is 4.79 Å². The van der Waals surface area contributed by atoms with E-state index in [4.69, 9.17) is 19.6 Å². The zero-order chi connectivity index (χ0) is 16.2. The topological polar surface area (TPSA) is 99.6 Å². The van der Waals surface area contributed by atoms with Crippen molar-refractivity contribution in [3.05, 3.63) is 24.1 Å². The highest BCUT2D eigenvalue weighted by Crippen LogP contribution is 2.23. The highest BCUT2D eigenvalue weighted by molar-refractivity contribution is 5.95. The number of rotatable bonds is 6. The fourth-order valence-corrected chi connectivity index (χ4v) is 2.64. The van der Waals surface area contributed by atoms with Gasteiger partial charge < -0.3 is 24.9 Å². The number of anilines is 1. The van der Waals surface area contributed by atoms with E-state index in [0.717, 1.165) is 6.42 Å². The number of nitrogens with zero attached hydrogens (tertiary/aromatic N) is 1. The maximum atomic E-state index is 12.2. The molecular formula is C16H21N3O4. The Hall–Kier alpha value is -1.96. The molecule has 7 heteroatoms. The molecule has 1 saturated heterocycles. The lowest BCUT2D eigenvalue weighted by Crippen LogP contribution is -2.29. The molecule has 7 nitrogen and oxygen atoms in total. The number of hydrogen-bond acceptors (Lipinski definition) is 6. The number of methoxy groups -OCH3 is 1. The Labute approximate surface area is 134 Å². The van der Waals surface area contributed by atoms with Gasteiger partial charge in [-0.1, -0.05) is 0 Å². The van der Waals surface area contributed by atoms with Gasteiger partial charge in [0.05, 0.1) is 12.7 Å². The highest BCUT2D eigenvalue weighted by Gasteiger charge is 2.29. The third-order valence-electron chi connectivity index (χ3n) is 3.88. The van der Waals surface area contributed by atoms with Crippen molar-refractivity contribution >= 4 is 22.7 Å². The third-order valence-corrected chi connectivity index (χ3v) is 3.88. The van der Waals surface area contributed by atoms with Crippen LogP contribution in [0.3, 0.4) is 0 Å². The first-order chi connectivity index (χ1) is 11.2. The number of ether oxygens (including phenoxy) is 2. The first kappa shape index (κ1) is 15.9. The molecule has 0 bridgehead atoms. The van der Waals surface area contributed by atoms with Gasteiger partial charge in [0.2, 0.25) is 0 Å². The SMILES string of the molecule is COCCc1nc2cc(NC(=O)[C@@H]3CC[C@H](CN)O3)ccc2o1. The number of fused-ring (bicyclic) bond motifs is 1. The Bertz CT molecular complexity index is 685. The molecule has 1 aromatic heterocycles. The summed E-state index contributed by atoms with van der Waals surface area (Å²) in [5.41, 5.74) is 7.64. The van der Waals surface area contributed by atoms with E-state index in [2.05, 4.69) is 10.3 Å². The summed E-state index contributed by atoms with van der Waals surface area (Å²) >= 11 is 0. The summed E-state index contributed by atoms with van der Waals surface area (Å²) in [6.07, 6.45) is 1.67. The fraction of sp³-hybridized carbons (Fsp3) is 0.500. The van der Waals surface area contributed by atoms with Crippen molar-refractivity contribution in [3.8, 4) is 0 Å². The minimum atomic E-state index is -0.436. The van der Waals surface area contributed by atoms with Crippen LogP contribution in [-0.2, 0) is 20.7 Å². The quantitative estimate of drug-likeness (QED) is 0.836. The van der Waals surface area contributed by atoms with Crippen LogP contribution in [0.4, 0.5) is 5.69 Å². The molecule has 0 unspecified atom stereocenters. The van der Waals surface area contributed by atoms with Crippen molar-refractivity contribution in [1.82, 2.24) is 4.98 Å². The summed E-state index contributed by atoms with van der Waals surface area (Å²) in [5, 5.41) is 2.86. The number of benzene rings is 1. The standard InChI is InChI=1S/C16H21N3O4/c1-21-7-6-15-19-12-8-10(2-4-13(12)23-15)18-16(20)14-5-3-11(9-17)22-14/h2,4,8,11,14H,3,5-7,9,17H2,1H3,(H,18,20)/t11-,14+/m1/s1. The molecule has 0 aliphatic carbocycles. The van der Waals surface area contributed by atoms with Crippen molar-refractivity contribution in [2.75, 3.05) is 25.6 Å². The summed E-state index contributed by atoms with van der Waals surface area (Å²) in [7, 11) is 1.64. The third kappa shape index (κ3) is 3.69. The van der Waals surface area contributed by atoms with E-state index in [0.29, 0.717) is 48.7 Å². The molecule has 3 N–H and O–H groups in total. The second-order valence-corrected chi connectivity index (χ2v) is 5.58. The highest BCUT2D eigenvalue weighted by atomic mass is 16.5. The van der Waals surface area contributed by atoms with Crippen LogP contribution >= 0.6 is 0 Å². The van der Waals surface area contributed by atoms with Crippen molar-refractivity contribution in [1.29, 1.82) is 0 Å². The van der Waals surface area contributed by atoms with Gasteiger partial charge in [-0.15, -0.1) is 0 Å². The molecule has 1 amide bonds. The average Bonchev–Trinajstić information content (AvgIpc) is 3.18. The van der Waals surface area contributed by atoms with E-state index in [1.54, 1.807) is 25.3 Å². The lowest BCUT2D eigenvalue weighted by molar-refractivity contribution is -0.126. The van der Waals surface area contributed by atoms with Gasteiger partial charge in [-0.2, -0.15) is 0 Å². The monoisotopic (exact) mass is 319 g/mol. The molecule has 1 aliphatic heterocycles. The summed E-state index contributed by atoms with van der Waals surface area (Å²) in [5.74, 6) is 0.471. The van der Waals surface area contributed by atoms with Crippen molar-refractivity contribution in [3.63, 3.8) is 0 Å². The second kappa shape index (κ2) is 7.08. The minimum absolute atomic E-state index is 0.0212. The second-order valence-electron chi connectivity index (χ2n) is 5.58. The molecule has 2 heterocycles. The van der Waals surface area contributed by atoms with Gasteiger partial charge >= 0.3 is 0 Å². The number of nitrogens with two attached hydrogens (primary N) is 1. The molecule has 2 aromatic rings. The number of aromatic nitrogens is 1. The lowest BCUT2D eigenvalue weighted by Gasteiger charge is -2.12. The smallest absolute Gasteiger partial charge is 0.253 e. The normalized spacial score (nSPS) is 21.0. The number of oxazole rings is 1. The van der Waals surface area contributed by atoms with E-state index in [1.807, 2.05) is 0 Å². The van der Waals surface area contributed by atoms with Crippen LogP contribution in [0.25, 0.3) is 11.1 Å². The lowest BCUT2D eigenvalue weighted by atomic mass is 10.2. The van der Waals surface area contributed by atoms with Crippen LogP contribution in [0.15, 0.2) is 22.6 Å². The first-order valence-electron chi connectivity index (χ1n) is 7.74. The van der Waals surface area contributed by atoms with Crippen LogP contribution in [0.2, 0.25) is 0 Å². The maximum Gasteiger partial charge on any atom is 0.253 e. The molecule has 1 fully saturated rings. The van der Waals surface area contributed by atoms with E-state index in [-0.39, 0.29) is 12.0 Å². The van der Waals surface area contributed by atoms with Gasteiger partial charge in [0, 0.05) is 25.8 Å². The Morgan fingerprint density at radius 3 is 3.09 bits per heavy atom. The van der Waals surface area contributed by atoms with Crippen LogP contribution in [0.1, 0.15) is 18.7 Å². The predicted octanol–water partition coefficient (Wildman–Crippen LogP) is 1.46. The van der Waals surface area contributed by atoms with Crippen LogP contribution < -0.4 is 11.1 Å². The average molecular weight is 319 g/mol. The van der Waals surface area contributed by atoms with Gasteiger partial charge in [0.15, 0.2) is 11.5 Å². The number of nitrogens with one attached hydrogen (secondary N) is 1. The van der Waals surface area contributed by atoms with Crippen molar-refractivity contribution < 1.29 is 18.7 Å². The van der Waals surface area contributed by atoms with Crippen LogP contribution in [0, 0.1) is 0 Å². The number of carbonyl (C=O) groups excluding carboxylic acids is 1. The zero-order valence-electron chi connectivity index (χ0n) is 13.1. The Balaban J connectivity index is 1.67. The van der Waals surface area contributed by atoms with Gasteiger partial charge in [0.25, 0.3) is 5.91 Å². The van der Waals surface area contributed by atoms with E-state index < -0.39 is 6.10 Å².